The number of nitrogens with one attached hydrogen (secondary N) is 1. The van der Waals surface area contributed by atoms with Crippen molar-refractivity contribution in [3.8, 4) is 5.75 Å². The summed E-state index contributed by atoms with van der Waals surface area (Å²) in [6, 6.07) is 4.34. The Kier molecular flexibility index (Phi) is 6.45. The molecule has 0 radical (unpaired) electrons. The molecule has 1 unspecified atom stereocenters. The number of hydrogen-bond acceptors (Lipinski definition) is 5. The van der Waals surface area contributed by atoms with Crippen LogP contribution in [0, 0.1) is 5.92 Å². The van der Waals surface area contributed by atoms with Crippen LogP contribution in [0.4, 0.5) is 0 Å². The summed E-state index contributed by atoms with van der Waals surface area (Å²) in [4.78, 5) is 12.2. The normalized spacial score (nSPS) is 19.0. The van der Waals surface area contributed by atoms with Crippen molar-refractivity contribution in [2.75, 3.05) is 33.3 Å². The third-order valence-electron chi connectivity index (χ3n) is 3.96. The van der Waals surface area contributed by atoms with Gasteiger partial charge in [0.05, 0.1) is 22.9 Å². The molecular weight excluding hydrogens is 354 g/mol. The lowest BCUT2D eigenvalue weighted by atomic mass is 9.99. The van der Waals surface area contributed by atoms with Crippen molar-refractivity contribution < 1.29 is 17.9 Å². The molecule has 9 heteroatoms. The highest BCUT2D eigenvalue weighted by Gasteiger charge is 2.33. The van der Waals surface area contributed by atoms with Gasteiger partial charge in [0.1, 0.15) is 5.75 Å². The number of piperidine rings is 1. The third-order valence-corrected chi connectivity index (χ3v) is 6.12. The Morgan fingerprint density at radius 1 is 1.50 bits per heavy atom. The largest absolute Gasteiger partial charge is 0.495 e. The Balaban J connectivity index is 2.16. The number of ether oxygens (including phenoxy) is 1. The maximum Gasteiger partial charge on any atom is 0.243 e. The molecule has 0 saturated carbocycles. The van der Waals surface area contributed by atoms with Crippen LogP contribution in [0.3, 0.4) is 0 Å². The average Bonchev–Trinajstić information content (AvgIpc) is 2.59. The van der Waals surface area contributed by atoms with Gasteiger partial charge in [-0.05, 0) is 31.0 Å². The van der Waals surface area contributed by atoms with Crippen LogP contribution in [0.5, 0.6) is 5.75 Å². The highest BCUT2D eigenvalue weighted by molar-refractivity contribution is 7.89. The van der Waals surface area contributed by atoms with Gasteiger partial charge in [0.2, 0.25) is 15.9 Å². The monoisotopic (exact) mass is 375 g/mol. The molecule has 1 aliphatic heterocycles. The van der Waals surface area contributed by atoms with Crippen molar-refractivity contribution in [2.45, 2.75) is 17.7 Å². The molecule has 0 bridgehead atoms. The van der Waals surface area contributed by atoms with Crippen LogP contribution < -0.4 is 15.8 Å². The first-order chi connectivity index (χ1) is 11.4. The molecule has 1 heterocycles. The van der Waals surface area contributed by atoms with Crippen molar-refractivity contribution in [2.24, 2.45) is 11.7 Å². The lowest BCUT2D eigenvalue weighted by molar-refractivity contribution is -0.126. The molecule has 134 valence electrons. The predicted octanol–water partition coefficient (Wildman–Crippen LogP) is 0.824. The van der Waals surface area contributed by atoms with E-state index in [4.69, 9.17) is 22.1 Å². The second-order valence-electron chi connectivity index (χ2n) is 5.58. The van der Waals surface area contributed by atoms with Gasteiger partial charge in [0.25, 0.3) is 0 Å². The van der Waals surface area contributed by atoms with Gasteiger partial charge < -0.3 is 15.8 Å². The van der Waals surface area contributed by atoms with Gasteiger partial charge in [0, 0.05) is 26.2 Å². The number of amides is 1. The Morgan fingerprint density at radius 3 is 2.88 bits per heavy atom. The standard InChI is InChI=1S/C15H22ClN3O4S/c1-23-14-5-4-12(9-13(14)16)24(21,22)19-8-2-3-11(10-19)15(20)18-7-6-17/h4-5,9,11H,2-3,6-8,10,17H2,1H3,(H,18,20). The Labute approximate surface area is 147 Å². The molecule has 0 spiro atoms. The van der Waals surface area contributed by atoms with Crippen LogP contribution in [0.25, 0.3) is 0 Å². The summed E-state index contributed by atoms with van der Waals surface area (Å²) in [6.45, 7) is 1.27. The number of methoxy groups -OCH3 is 1. The van der Waals surface area contributed by atoms with E-state index in [1.165, 1.54) is 29.6 Å². The van der Waals surface area contributed by atoms with Crippen molar-refractivity contribution in [1.82, 2.24) is 9.62 Å². The van der Waals surface area contributed by atoms with Crippen molar-refractivity contribution in [3.63, 3.8) is 0 Å². The Bertz CT molecular complexity index is 696. The molecule has 0 aliphatic carbocycles. The van der Waals surface area contributed by atoms with Gasteiger partial charge in [-0.1, -0.05) is 11.6 Å². The van der Waals surface area contributed by atoms with E-state index in [2.05, 4.69) is 5.32 Å². The van der Waals surface area contributed by atoms with Gasteiger partial charge >= 0.3 is 0 Å². The van der Waals surface area contributed by atoms with Crippen LogP contribution in [0.2, 0.25) is 5.02 Å². The number of carbonyl (C=O) groups excluding carboxylic acids is 1. The second-order valence-corrected chi connectivity index (χ2v) is 7.92. The SMILES string of the molecule is COc1ccc(S(=O)(=O)N2CCCC(C(=O)NCCN)C2)cc1Cl. The fraction of sp³-hybridized carbons (Fsp3) is 0.533. The zero-order valence-corrected chi connectivity index (χ0v) is 15.1. The van der Waals surface area contributed by atoms with Crippen LogP contribution in [-0.4, -0.2) is 51.9 Å². The topological polar surface area (TPSA) is 102 Å². The first-order valence-electron chi connectivity index (χ1n) is 7.71. The number of benzene rings is 1. The van der Waals surface area contributed by atoms with Crippen LogP contribution in [0.15, 0.2) is 23.1 Å². The maximum absolute atomic E-state index is 12.8. The van der Waals surface area contributed by atoms with E-state index in [1.807, 2.05) is 0 Å². The maximum atomic E-state index is 12.8. The molecule has 1 saturated heterocycles. The van der Waals surface area contributed by atoms with Gasteiger partial charge in [-0.15, -0.1) is 0 Å². The quantitative estimate of drug-likeness (QED) is 0.766. The predicted molar refractivity (Wildman–Crippen MR) is 91.6 cm³/mol. The molecule has 1 atom stereocenters. The summed E-state index contributed by atoms with van der Waals surface area (Å²) in [5.41, 5.74) is 5.37. The number of halogens is 1. The zero-order chi connectivity index (χ0) is 17.7. The number of rotatable bonds is 6. The lowest BCUT2D eigenvalue weighted by Gasteiger charge is -2.31. The summed E-state index contributed by atoms with van der Waals surface area (Å²) in [5, 5.41) is 2.94. The highest BCUT2D eigenvalue weighted by atomic mass is 35.5. The number of sulfonamides is 1. The van der Waals surface area contributed by atoms with E-state index < -0.39 is 10.0 Å². The average molecular weight is 376 g/mol. The summed E-state index contributed by atoms with van der Waals surface area (Å²) in [5.74, 6) is -0.116. The van der Waals surface area contributed by atoms with Crippen LogP contribution >= 0.6 is 11.6 Å². The molecule has 24 heavy (non-hydrogen) atoms. The Morgan fingerprint density at radius 2 is 2.25 bits per heavy atom. The molecule has 1 amide bonds. The molecule has 1 aromatic carbocycles. The smallest absolute Gasteiger partial charge is 0.243 e. The lowest BCUT2D eigenvalue weighted by Crippen LogP contribution is -2.46. The second kappa shape index (κ2) is 8.15. The van der Waals surface area contributed by atoms with Crippen LogP contribution in [-0.2, 0) is 14.8 Å². The van der Waals surface area contributed by atoms with E-state index >= 15 is 0 Å². The van der Waals surface area contributed by atoms with Crippen molar-refractivity contribution in [1.29, 1.82) is 0 Å². The summed E-state index contributed by atoms with van der Waals surface area (Å²) in [7, 11) is -2.24. The van der Waals surface area contributed by atoms with E-state index in [0.29, 0.717) is 38.2 Å². The third kappa shape index (κ3) is 4.18. The number of carbonyl (C=O) groups is 1. The van der Waals surface area contributed by atoms with E-state index in [0.717, 1.165) is 0 Å². The minimum atomic E-state index is -3.71. The number of hydrogen-bond donors (Lipinski definition) is 2. The molecule has 1 fully saturated rings. The molecule has 7 nitrogen and oxygen atoms in total. The molecule has 3 N–H and O–H groups in total. The van der Waals surface area contributed by atoms with Crippen LogP contribution in [0.1, 0.15) is 12.8 Å². The van der Waals surface area contributed by atoms with Gasteiger partial charge in [-0.2, -0.15) is 4.31 Å². The fourth-order valence-corrected chi connectivity index (χ4v) is 4.54. The molecular formula is C15H22ClN3O4S. The zero-order valence-electron chi connectivity index (χ0n) is 13.5. The van der Waals surface area contributed by atoms with Gasteiger partial charge in [-0.3, -0.25) is 4.79 Å². The fourth-order valence-electron chi connectivity index (χ4n) is 2.67. The molecule has 1 aromatic rings. The van der Waals surface area contributed by atoms with E-state index in [9.17, 15) is 13.2 Å². The van der Waals surface area contributed by atoms with E-state index in [1.54, 1.807) is 0 Å². The number of nitrogens with zero attached hydrogens (tertiary/aromatic N) is 1. The summed E-state index contributed by atoms with van der Waals surface area (Å²) in [6.07, 6.45) is 1.29. The van der Waals surface area contributed by atoms with Crippen molar-refractivity contribution >= 4 is 27.5 Å². The minimum Gasteiger partial charge on any atom is -0.495 e. The summed E-state index contributed by atoms with van der Waals surface area (Å²) < 4.78 is 32.0. The van der Waals surface area contributed by atoms with Gasteiger partial charge in [0.15, 0.2) is 0 Å². The minimum absolute atomic E-state index is 0.0938. The van der Waals surface area contributed by atoms with E-state index in [-0.39, 0.29) is 28.3 Å². The first-order valence-corrected chi connectivity index (χ1v) is 9.53. The number of nitrogens with two attached hydrogens (primary N) is 1. The molecule has 2 rings (SSSR count). The van der Waals surface area contributed by atoms with Crippen molar-refractivity contribution in [3.05, 3.63) is 23.2 Å². The molecule has 0 aromatic heterocycles. The summed E-state index contributed by atoms with van der Waals surface area (Å²) >= 11 is 6.03. The van der Waals surface area contributed by atoms with Gasteiger partial charge in [-0.25, -0.2) is 8.42 Å². The highest BCUT2D eigenvalue weighted by Crippen LogP contribution is 2.30. The first kappa shape index (κ1) is 19.0. The Hall–Kier alpha value is -1.35. The molecule has 1 aliphatic rings.